The van der Waals surface area contributed by atoms with Crippen molar-refractivity contribution in [3.8, 4) is 11.3 Å². The van der Waals surface area contributed by atoms with Gasteiger partial charge >= 0.3 is 6.18 Å². The highest BCUT2D eigenvalue weighted by Gasteiger charge is 2.30. The van der Waals surface area contributed by atoms with Crippen LogP contribution in [-0.2, 0) is 11.9 Å². The van der Waals surface area contributed by atoms with E-state index in [-0.39, 0.29) is 0 Å². The number of pyridine rings is 1. The molecule has 118 valence electrons. The van der Waals surface area contributed by atoms with Gasteiger partial charge in [-0.2, -0.15) is 13.2 Å². The van der Waals surface area contributed by atoms with Crippen LogP contribution in [0.3, 0.4) is 0 Å². The minimum absolute atomic E-state index is 0.394. The van der Waals surface area contributed by atoms with Gasteiger partial charge in [0.2, 0.25) is 5.89 Å². The van der Waals surface area contributed by atoms with E-state index in [1.165, 1.54) is 17.8 Å². The van der Waals surface area contributed by atoms with Gasteiger partial charge in [-0.1, -0.05) is 42.1 Å². The smallest absolute Gasteiger partial charge is 0.417 e. The molecule has 2 aromatic heterocycles. The molecule has 3 rings (SSSR count). The Bertz CT molecular complexity index is 770. The van der Waals surface area contributed by atoms with Crippen LogP contribution in [0.1, 0.15) is 11.5 Å². The molecule has 0 aliphatic carbocycles. The van der Waals surface area contributed by atoms with E-state index < -0.39 is 11.7 Å². The fourth-order valence-electron chi connectivity index (χ4n) is 1.88. The van der Waals surface area contributed by atoms with Gasteiger partial charge in [0.05, 0.1) is 22.5 Å². The number of oxazole rings is 1. The molecule has 0 spiro atoms. The molecule has 0 radical (unpaired) electrons. The fraction of sp³-hybridized carbons (Fsp3) is 0.125. The van der Waals surface area contributed by atoms with Crippen LogP contribution in [0.5, 0.6) is 0 Å². The van der Waals surface area contributed by atoms with Crippen LogP contribution in [0.2, 0.25) is 0 Å². The minimum Gasteiger partial charge on any atom is -0.440 e. The average molecular weight is 336 g/mol. The van der Waals surface area contributed by atoms with E-state index in [0.29, 0.717) is 22.4 Å². The Morgan fingerprint density at radius 2 is 1.74 bits per heavy atom. The fourth-order valence-corrected chi connectivity index (χ4v) is 2.58. The molecule has 3 aromatic rings. The molecule has 0 aliphatic heterocycles. The third-order valence-corrected chi connectivity index (χ3v) is 3.95. The zero-order valence-corrected chi connectivity index (χ0v) is 12.6. The monoisotopic (exact) mass is 336 g/mol. The van der Waals surface area contributed by atoms with Crippen molar-refractivity contribution in [1.29, 1.82) is 0 Å². The van der Waals surface area contributed by atoms with Crippen LogP contribution in [0.4, 0.5) is 13.2 Å². The molecule has 0 saturated carbocycles. The van der Waals surface area contributed by atoms with Gasteiger partial charge in [0.1, 0.15) is 0 Å². The molecular weight excluding hydrogens is 325 g/mol. The number of halogens is 3. The zero-order chi connectivity index (χ0) is 16.3. The molecule has 1 aromatic carbocycles. The average Bonchev–Trinajstić information content (AvgIpc) is 3.02. The second-order valence-corrected chi connectivity index (χ2v) is 5.65. The lowest BCUT2D eigenvalue weighted by atomic mass is 10.2. The lowest BCUT2D eigenvalue weighted by Crippen LogP contribution is -2.05. The summed E-state index contributed by atoms with van der Waals surface area (Å²) in [6, 6.07) is 11.9. The topological polar surface area (TPSA) is 38.9 Å². The van der Waals surface area contributed by atoms with Crippen molar-refractivity contribution in [3.63, 3.8) is 0 Å². The lowest BCUT2D eigenvalue weighted by Gasteiger charge is -2.06. The number of hydrogen-bond acceptors (Lipinski definition) is 4. The molecule has 0 unspecified atom stereocenters. The van der Waals surface area contributed by atoms with Crippen molar-refractivity contribution in [2.24, 2.45) is 0 Å². The number of rotatable bonds is 4. The van der Waals surface area contributed by atoms with Crippen LogP contribution in [0.25, 0.3) is 11.3 Å². The summed E-state index contributed by atoms with van der Waals surface area (Å²) >= 11 is 1.27. The molecule has 7 heteroatoms. The highest BCUT2D eigenvalue weighted by atomic mass is 32.2. The van der Waals surface area contributed by atoms with Crippen molar-refractivity contribution in [1.82, 2.24) is 9.97 Å². The first-order valence-electron chi connectivity index (χ1n) is 6.68. The minimum atomic E-state index is -4.37. The summed E-state index contributed by atoms with van der Waals surface area (Å²) in [4.78, 5) is 7.97. The summed E-state index contributed by atoms with van der Waals surface area (Å²) in [5.74, 6) is 1.54. The van der Waals surface area contributed by atoms with Crippen molar-refractivity contribution in [2.75, 3.05) is 0 Å². The van der Waals surface area contributed by atoms with Crippen LogP contribution in [0, 0.1) is 0 Å². The number of hydrogen-bond donors (Lipinski definition) is 0. The molecular formula is C16H11F3N2OS. The van der Waals surface area contributed by atoms with Gasteiger partial charge in [-0.25, -0.2) is 9.97 Å². The standard InChI is InChI=1S/C16H11F3N2OS/c17-16(18,19)12-6-7-15(21-8-12)23-10-14-20-9-13(22-14)11-4-2-1-3-5-11/h1-9H,10H2. The van der Waals surface area contributed by atoms with Gasteiger partial charge in [-0.15, -0.1) is 0 Å². The molecule has 0 atom stereocenters. The van der Waals surface area contributed by atoms with E-state index in [1.807, 2.05) is 30.3 Å². The summed E-state index contributed by atoms with van der Waals surface area (Å²) in [6.07, 6.45) is -1.91. The van der Waals surface area contributed by atoms with Crippen LogP contribution < -0.4 is 0 Å². The van der Waals surface area contributed by atoms with E-state index in [1.54, 1.807) is 6.20 Å². The molecule has 2 heterocycles. The maximum absolute atomic E-state index is 12.5. The first-order chi connectivity index (χ1) is 11.0. The first kappa shape index (κ1) is 15.6. The molecule has 0 bridgehead atoms. The third-order valence-electron chi connectivity index (χ3n) is 3.02. The maximum atomic E-state index is 12.5. The zero-order valence-electron chi connectivity index (χ0n) is 11.7. The van der Waals surface area contributed by atoms with E-state index in [4.69, 9.17) is 4.42 Å². The number of aromatic nitrogens is 2. The summed E-state index contributed by atoms with van der Waals surface area (Å²) in [5, 5.41) is 0.484. The molecule has 0 fully saturated rings. The SMILES string of the molecule is FC(F)(F)c1ccc(SCc2ncc(-c3ccccc3)o2)nc1. The van der Waals surface area contributed by atoms with Crippen LogP contribution >= 0.6 is 11.8 Å². The molecule has 0 aliphatic rings. The second kappa shape index (κ2) is 6.45. The Labute approximate surface area is 134 Å². The highest BCUT2D eigenvalue weighted by Crippen LogP contribution is 2.30. The number of nitrogens with zero attached hydrogens (tertiary/aromatic N) is 2. The Balaban J connectivity index is 1.64. The predicted octanol–water partition coefficient (Wildman–Crippen LogP) is 5.05. The van der Waals surface area contributed by atoms with Gasteiger partial charge in [0.15, 0.2) is 5.76 Å². The first-order valence-corrected chi connectivity index (χ1v) is 7.67. The van der Waals surface area contributed by atoms with Crippen molar-refractivity contribution < 1.29 is 17.6 Å². The molecule has 3 nitrogen and oxygen atoms in total. The summed E-state index contributed by atoms with van der Waals surface area (Å²) in [5.41, 5.74) is 0.160. The summed E-state index contributed by atoms with van der Waals surface area (Å²) in [7, 11) is 0. The number of thioether (sulfide) groups is 1. The van der Waals surface area contributed by atoms with Gasteiger partial charge in [-0.05, 0) is 12.1 Å². The summed E-state index contributed by atoms with van der Waals surface area (Å²) < 4.78 is 43.0. The molecule has 0 N–H and O–H groups in total. The normalized spacial score (nSPS) is 11.6. The quantitative estimate of drug-likeness (QED) is 0.625. The maximum Gasteiger partial charge on any atom is 0.417 e. The van der Waals surface area contributed by atoms with E-state index in [2.05, 4.69) is 9.97 Å². The van der Waals surface area contributed by atoms with Crippen LogP contribution in [-0.4, -0.2) is 9.97 Å². The third kappa shape index (κ3) is 3.92. The van der Waals surface area contributed by atoms with Gasteiger partial charge in [-0.3, -0.25) is 0 Å². The molecule has 0 saturated heterocycles. The van der Waals surface area contributed by atoms with Crippen molar-refractivity contribution in [3.05, 3.63) is 66.3 Å². The van der Waals surface area contributed by atoms with E-state index in [9.17, 15) is 13.2 Å². The van der Waals surface area contributed by atoms with Crippen molar-refractivity contribution in [2.45, 2.75) is 17.0 Å². The lowest BCUT2D eigenvalue weighted by molar-refractivity contribution is -0.137. The second-order valence-electron chi connectivity index (χ2n) is 4.66. The summed E-state index contributed by atoms with van der Waals surface area (Å²) in [6.45, 7) is 0. The number of alkyl halides is 3. The Hall–Kier alpha value is -2.28. The Kier molecular flexibility index (Phi) is 4.38. The van der Waals surface area contributed by atoms with Gasteiger partial charge in [0.25, 0.3) is 0 Å². The molecule has 23 heavy (non-hydrogen) atoms. The Morgan fingerprint density at radius 1 is 0.957 bits per heavy atom. The molecule has 0 amide bonds. The van der Waals surface area contributed by atoms with E-state index >= 15 is 0 Å². The predicted molar refractivity (Wildman–Crippen MR) is 80.7 cm³/mol. The van der Waals surface area contributed by atoms with Crippen LogP contribution in [0.15, 0.2) is 64.3 Å². The number of benzene rings is 1. The highest BCUT2D eigenvalue weighted by molar-refractivity contribution is 7.98. The van der Waals surface area contributed by atoms with Gasteiger partial charge < -0.3 is 4.42 Å². The van der Waals surface area contributed by atoms with Crippen molar-refractivity contribution >= 4 is 11.8 Å². The van der Waals surface area contributed by atoms with Gasteiger partial charge in [0, 0.05) is 11.8 Å². The Morgan fingerprint density at radius 3 is 2.39 bits per heavy atom. The van der Waals surface area contributed by atoms with E-state index in [0.717, 1.165) is 17.8 Å². The largest absolute Gasteiger partial charge is 0.440 e.